The molecule has 0 saturated carbocycles. The Morgan fingerprint density at radius 2 is 1.71 bits per heavy atom. The summed E-state index contributed by atoms with van der Waals surface area (Å²) in [6.07, 6.45) is 3.98. The van der Waals surface area contributed by atoms with E-state index in [1.54, 1.807) is 12.4 Å². The lowest BCUT2D eigenvalue weighted by molar-refractivity contribution is 1.14. The van der Waals surface area contributed by atoms with Crippen LogP contribution in [0.5, 0.6) is 0 Å². The Morgan fingerprint density at radius 1 is 1.06 bits per heavy atom. The first-order valence-electron chi connectivity index (χ1n) is 5.17. The van der Waals surface area contributed by atoms with E-state index < -0.39 is 0 Å². The van der Waals surface area contributed by atoms with Crippen LogP contribution in [0.4, 0.5) is 11.6 Å². The van der Waals surface area contributed by atoms with Crippen molar-refractivity contribution >= 4 is 34.8 Å². The minimum absolute atomic E-state index is 0.521. The lowest BCUT2D eigenvalue weighted by atomic mass is 10.1. The first kappa shape index (κ1) is 12.1. The number of aryl methyl sites for hydroxylation is 1. The van der Waals surface area contributed by atoms with Crippen molar-refractivity contribution in [3.8, 4) is 0 Å². The summed E-state index contributed by atoms with van der Waals surface area (Å²) in [4.78, 5) is 8.11. The molecule has 0 aliphatic carbocycles. The monoisotopic (exact) mass is 267 g/mol. The SMILES string of the molecule is ClCCc1ccc(Nc2ncc(Cl)cn2)cc1. The number of hydrogen-bond donors (Lipinski definition) is 1. The molecule has 0 aliphatic heterocycles. The van der Waals surface area contributed by atoms with Gasteiger partial charge in [-0.05, 0) is 24.1 Å². The van der Waals surface area contributed by atoms with Gasteiger partial charge in [0, 0.05) is 11.6 Å². The van der Waals surface area contributed by atoms with Gasteiger partial charge in [0.05, 0.1) is 17.4 Å². The van der Waals surface area contributed by atoms with Gasteiger partial charge in [-0.1, -0.05) is 23.7 Å². The zero-order chi connectivity index (χ0) is 12.1. The Morgan fingerprint density at radius 3 is 2.29 bits per heavy atom. The van der Waals surface area contributed by atoms with Crippen molar-refractivity contribution in [2.75, 3.05) is 11.2 Å². The molecule has 0 spiro atoms. The summed E-state index contributed by atoms with van der Waals surface area (Å²) in [6, 6.07) is 8.00. The number of halogens is 2. The molecule has 0 radical (unpaired) electrons. The molecule has 3 nitrogen and oxygen atoms in total. The second-order valence-corrected chi connectivity index (χ2v) is 4.30. The van der Waals surface area contributed by atoms with Gasteiger partial charge in [-0.15, -0.1) is 11.6 Å². The van der Waals surface area contributed by atoms with Crippen molar-refractivity contribution < 1.29 is 0 Å². The largest absolute Gasteiger partial charge is 0.324 e. The number of benzene rings is 1. The van der Waals surface area contributed by atoms with Crippen molar-refractivity contribution in [1.82, 2.24) is 9.97 Å². The maximum atomic E-state index is 5.70. The molecule has 0 amide bonds. The molecule has 2 rings (SSSR count). The van der Waals surface area contributed by atoms with E-state index >= 15 is 0 Å². The van der Waals surface area contributed by atoms with E-state index in [9.17, 15) is 0 Å². The molecule has 2 aromatic rings. The van der Waals surface area contributed by atoms with Gasteiger partial charge in [-0.25, -0.2) is 9.97 Å². The predicted octanol–water partition coefficient (Wildman–Crippen LogP) is 3.65. The first-order valence-corrected chi connectivity index (χ1v) is 6.08. The van der Waals surface area contributed by atoms with E-state index in [4.69, 9.17) is 23.2 Å². The summed E-state index contributed by atoms with van der Waals surface area (Å²) in [5.41, 5.74) is 2.15. The number of anilines is 2. The zero-order valence-electron chi connectivity index (χ0n) is 9.03. The molecule has 0 saturated heterocycles. The molecular weight excluding hydrogens is 257 g/mol. The van der Waals surface area contributed by atoms with Crippen LogP contribution in [0.2, 0.25) is 5.02 Å². The molecule has 1 aromatic heterocycles. The van der Waals surface area contributed by atoms with Gasteiger partial charge in [0.25, 0.3) is 0 Å². The molecule has 17 heavy (non-hydrogen) atoms. The molecule has 5 heteroatoms. The molecule has 0 atom stereocenters. The molecule has 0 unspecified atom stereocenters. The molecule has 88 valence electrons. The standard InChI is InChI=1S/C12H11Cl2N3/c13-6-5-9-1-3-11(4-2-9)17-12-15-7-10(14)8-16-12/h1-4,7-8H,5-6H2,(H,15,16,17). The second kappa shape index (κ2) is 5.84. The Bertz CT molecular complexity index is 468. The van der Waals surface area contributed by atoms with Gasteiger partial charge >= 0.3 is 0 Å². The minimum atomic E-state index is 0.521. The Kier molecular flexibility index (Phi) is 4.18. The Hall–Kier alpha value is -1.32. The van der Waals surface area contributed by atoms with Crippen molar-refractivity contribution in [2.24, 2.45) is 0 Å². The molecule has 1 N–H and O–H groups in total. The zero-order valence-corrected chi connectivity index (χ0v) is 10.5. The fraction of sp³-hybridized carbons (Fsp3) is 0.167. The summed E-state index contributed by atoms with van der Waals surface area (Å²) in [5, 5.41) is 3.61. The maximum Gasteiger partial charge on any atom is 0.227 e. The van der Waals surface area contributed by atoms with E-state index in [1.165, 1.54) is 5.56 Å². The highest BCUT2D eigenvalue weighted by Gasteiger charge is 1.98. The highest BCUT2D eigenvalue weighted by molar-refractivity contribution is 6.30. The van der Waals surface area contributed by atoms with Crippen LogP contribution in [0.15, 0.2) is 36.7 Å². The van der Waals surface area contributed by atoms with E-state index in [0.29, 0.717) is 16.9 Å². The van der Waals surface area contributed by atoms with Gasteiger partial charge in [0.2, 0.25) is 5.95 Å². The number of aromatic nitrogens is 2. The van der Waals surface area contributed by atoms with Crippen LogP contribution in [0.1, 0.15) is 5.56 Å². The van der Waals surface area contributed by atoms with Crippen molar-refractivity contribution in [3.05, 3.63) is 47.2 Å². The number of hydrogen-bond acceptors (Lipinski definition) is 3. The highest BCUT2D eigenvalue weighted by atomic mass is 35.5. The summed E-state index contributed by atoms with van der Waals surface area (Å²) in [6.45, 7) is 0. The second-order valence-electron chi connectivity index (χ2n) is 3.49. The van der Waals surface area contributed by atoms with Crippen LogP contribution in [-0.2, 0) is 6.42 Å². The third-order valence-electron chi connectivity index (χ3n) is 2.21. The molecule has 1 aromatic carbocycles. The van der Waals surface area contributed by atoms with Gasteiger partial charge < -0.3 is 5.32 Å². The quantitative estimate of drug-likeness (QED) is 0.860. The van der Waals surface area contributed by atoms with Gasteiger partial charge in [-0.2, -0.15) is 0 Å². The molecule has 0 bridgehead atoms. The van der Waals surface area contributed by atoms with Crippen LogP contribution in [0.3, 0.4) is 0 Å². The third-order valence-corrected chi connectivity index (χ3v) is 2.60. The van der Waals surface area contributed by atoms with Crippen molar-refractivity contribution in [2.45, 2.75) is 6.42 Å². The third kappa shape index (κ3) is 3.58. The first-order chi connectivity index (χ1) is 8.28. The molecule has 1 heterocycles. The van der Waals surface area contributed by atoms with Crippen LogP contribution in [0, 0.1) is 0 Å². The lowest BCUT2D eigenvalue weighted by Gasteiger charge is -2.05. The summed E-state index contributed by atoms with van der Waals surface area (Å²) >= 11 is 11.4. The fourth-order valence-electron chi connectivity index (χ4n) is 1.37. The number of alkyl halides is 1. The van der Waals surface area contributed by atoms with Crippen LogP contribution in [-0.4, -0.2) is 15.8 Å². The van der Waals surface area contributed by atoms with E-state index in [1.807, 2.05) is 24.3 Å². The normalized spacial score (nSPS) is 10.2. The van der Waals surface area contributed by atoms with E-state index in [-0.39, 0.29) is 0 Å². The topological polar surface area (TPSA) is 37.8 Å². The van der Waals surface area contributed by atoms with Crippen molar-refractivity contribution in [1.29, 1.82) is 0 Å². The minimum Gasteiger partial charge on any atom is -0.324 e. The van der Waals surface area contributed by atoms with Crippen LogP contribution < -0.4 is 5.32 Å². The predicted molar refractivity (Wildman–Crippen MR) is 71.2 cm³/mol. The average Bonchev–Trinajstić information content (AvgIpc) is 2.35. The van der Waals surface area contributed by atoms with Crippen molar-refractivity contribution in [3.63, 3.8) is 0 Å². The summed E-state index contributed by atoms with van der Waals surface area (Å²) in [5.74, 6) is 1.16. The van der Waals surface area contributed by atoms with Gasteiger partial charge in [0.1, 0.15) is 0 Å². The van der Waals surface area contributed by atoms with E-state index in [0.717, 1.165) is 12.1 Å². The van der Waals surface area contributed by atoms with Gasteiger partial charge in [-0.3, -0.25) is 0 Å². The maximum absolute atomic E-state index is 5.70. The van der Waals surface area contributed by atoms with Gasteiger partial charge in [0.15, 0.2) is 0 Å². The summed E-state index contributed by atoms with van der Waals surface area (Å²) in [7, 11) is 0. The highest BCUT2D eigenvalue weighted by Crippen LogP contribution is 2.15. The van der Waals surface area contributed by atoms with E-state index in [2.05, 4.69) is 15.3 Å². The fourth-order valence-corrected chi connectivity index (χ4v) is 1.69. The number of nitrogens with zero attached hydrogens (tertiary/aromatic N) is 2. The number of rotatable bonds is 4. The van der Waals surface area contributed by atoms with Crippen LogP contribution >= 0.6 is 23.2 Å². The lowest BCUT2D eigenvalue weighted by Crippen LogP contribution is -1.96. The molecule has 0 aliphatic rings. The molecule has 0 fully saturated rings. The van der Waals surface area contributed by atoms with Crippen LogP contribution in [0.25, 0.3) is 0 Å². The number of nitrogens with one attached hydrogen (secondary N) is 1. The Balaban J connectivity index is 2.05. The smallest absolute Gasteiger partial charge is 0.227 e. The Labute approximate surface area is 110 Å². The average molecular weight is 268 g/mol. The summed E-state index contributed by atoms with van der Waals surface area (Å²) < 4.78 is 0. The molecular formula is C12H11Cl2N3.